The molecule has 0 aliphatic heterocycles. The van der Waals surface area contributed by atoms with Gasteiger partial charge in [-0.1, -0.05) is 31.2 Å². The summed E-state index contributed by atoms with van der Waals surface area (Å²) in [5.41, 5.74) is 2.93. The summed E-state index contributed by atoms with van der Waals surface area (Å²) in [4.78, 5) is 11.6. The van der Waals surface area contributed by atoms with Gasteiger partial charge in [-0.25, -0.2) is 8.78 Å². The number of amides is 1. The number of aliphatic hydroxyl groups excluding tert-OH is 1. The SMILES string of the molecule is CC(=O)NC(Cc1cc(F)cc(F)c1)[C@H](O)CNC1c2ccccc2CCC1C. The molecule has 0 aromatic heterocycles. The summed E-state index contributed by atoms with van der Waals surface area (Å²) in [6.07, 6.45) is 1.32. The molecule has 0 fully saturated rings. The molecule has 1 amide bonds. The van der Waals surface area contributed by atoms with Gasteiger partial charge in [0.2, 0.25) is 5.91 Å². The fraction of sp³-hybridized carbons (Fsp3) is 0.435. The molecule has 0 spiro atoms. The molecule has 6 heteroatoms. The molecule has 1 aliphatic carbocycles. The van der Waals surface area contributed by atoms with E-state index in [0.29, 0.717) is 11.5 Å². The Morgan fingerprint density at radius 3 is 2.59 bits per heavy atom. The van der Waals surface area contributed by atoms with E-state index in [1.54, 1.807) is 0 Å². The monoisotopic (exact) mass is 402 g/mol. The predicted octanol–water partition coefficient (Wildman–Crippen LogP) is 3.29. The maximum Gasteiger partial charge on any atom is 0.217 e. The number of nitrogens with one attached hydrogen (secondary N) is 2. The average molecular weight is 402 g/mol. The van der Waals surface area contributed by atoms with E-state index in [1.165, 1.54) is 30.2 Å². The van der Waals surface area contributed by atoms with Crippen LogP contribution in [0.2, 0.25) is 0 Å². The Labute approximate surface area is 170 Å². The van der Waals surface area contributed by atoms with Gasteiger partial charge in [0.15, 0.2) is 0 Å². The summed E-state index contributed by atoms with van der Waals surface area (Å²) in [5, 5.41) is 16.9. The van der Waals surface area contributed by atoms with Gasteiger partial charge in [0.1, 0.15) is 11.6 Å². The highest BCUT2D eigenvalue weighted by Gasteiger charge is 2.28. The number of hydrogen-bond donors (Lipinski definition) is 3. The first-order valence-electron chi connectivity index (χ1n) is 10.0. The molecule has 0 saturated carbocycles. The Morgan fingerprint density at radius 1 is 1.21 bits per heavy atom. The molecule has 2 aromatic rings. The van der Waals surface area contributed by atoms with Gasteiger partial charge in [-0.3, -0.25) is 4.79 Å². The largest absolute Gasteiger partial charge is 0.390 e. The van der Waals surface area contributed by atoms with Crippen LogP contribution in [-0.4, -0.2) is 29.7 Å². The number of carbonyl (C=O) groups excluding carboxylic acids is 1. The lowest BCUT2D eigenvalue weighted by atomic mass is 9.80. The van der Waals surface area contributed by atoms with Gasteiger partial charge in [-0.15, -0.1) is 0 Å². The van der Waals surface area contributed by atoms with E-state index in [0.717, 1.165) is 18.9 Å². The van der Waals surface area contributed by atoms with E-state index in [9.17, 15) is 18.7 Å². The maximum absolute atomic E-state index is 13.5. The lowest BCUT2D eigenvalue weighted by Crippen LogP contribution is -2.49. The molecular weight excluding hydrogens is 374 g/mol. The quantitative estimate of drug-likeness (QED) is 0.666. The molecular formula is C23H28F2N2O2. The fourth-order valence-electron chi connectivity index (χ4n) is 4.15. The van der Waals surface area contributed by atoms with Crippen molar-refractivity contribution in [2.24, 2.45) is 5.92 Å². The molecule has 0 saturated heterocycles. The van der Waals surface area contributed by atoms with Crippen molar-refractivity contribution in [3.8, 4) is 0 Å². The number of fused-ring (bicyclic) bond motifs is 1. The number of carbonyl (C=O) groups is 1. The van der Waals surface area contributed by atoms with E-state index in [1.807, 2.05) is 12.1 Å². The number of rotatable bonds is 7. The van der Waals surface area contributed by atoms with Crippen molar-refractivity contribution in [3.63, 3.8) is 0 Å². The molecule has 4 atom stereocenters. The minimum Gasteiger partial charge on any atom is -0.390 e. The van der Waals surface area contributed by atoms with Crippen LogP contribution in [0.25, 0.3) is 0 Å². The van der Waals surface area contributed by atoms with Crippen molar-refractivity contribution in [3.05, 3.63) is 70.8 Å². The van der Waals surface area contributed by atoms with Gasteiger partial charge < -0.3 is 15.7 Å². The average Bonchev–Trinajstić information content (AvgIpc) is 2.65. The number of halogens is 2. The van der Waals surface area contributed by atoms with Crippen LogP contribution >= 0.6 is 0 Å². The second-order valence-electron chi connectivity index (χ2n) is 7.96. The first-order valence-corrected chi connectivity index (χ1v) is 10.0. The second-order valence-corrected chi connectivity index (χ2v) is 7.96. The molecule has 3 N–H and O–H groups in total. The standard InChI is InChI=1S/C23H28F2N2O2/c1-14-7-8-17-5-3-4-6-20(17)23(14)26-13-22(29)21(27-15(2)28)11-16-9-18(24)12-19(25)10-16/h3-6,9-10,12,14,21-23,26,29H,7-8,11,13H2,1-2H3,(H,27,28)/t14?,21?,22-,23?/m1/s1. The smallest absolute Gasteiger partial charge is 0.217 e. The molecule has 2 aromatic carbocycles. The van der Waals surface area contributed by atoms with Crippen molar-refractivity contribution >= 4 is 5.91 Å². The van der Waals surface area contributed by atoms with Crippen LogP contribution in [0.4, 0.5) is 8.78 Å². The topological polar surface area (TPSA) is 61.4 Å². The Morgan fingerprint density at radius 2 is 1.90 bits per heavy atom. The Kier molecular flexibility index (Phi) is 6.98. The first-order chi connectivity index (χ1) is 13.8. The van der Waals surface area contributed by atoms with Gasteiger partial charge in [0.25, 0.3) is 0 Å². The minimum absolute atomic E-state index is 0.110. The molecule has 0 radical (unpaired) electrons. The molecule has 0 heterocycles. The minimum atomic E-state index is -0.911. The van der Waals surface area contributed by atoms with Crippen LogP contribution < -0.4 is 10.6 Å². The van der Waals surface area contributed by atoms with Gasteiger partial charge in [-0.2, -0.15) is 0 Å². The first kappa shape index (κ1) is 21.4. The lowest BCUT2D eigenvalue weighted by molar-refractivity contribution is -0.120. The number of aliphatic hydroxyl groups is 1. The fourth-order valence-corrected chi connectivity index (χ4v) is 4.15. The summed E-state index contributed by atoms with van der Waals surface area (Å²) in [5.74, 6) is -1.25. The van der Waals surface area contributed by atoms with Gasteiger partial charge >= 0.3 is 0 Å². The predicted molar refractivity (Wildman–Crippen MR) is 108 cm³/mol. The molecule has 3 unspecified atom stereocenters. The zero-order chi connectivity index (χ0) is 21.0. The molecule has 1 aliphatic rings. The third-order valence-electron chi connectivity index (χ3n) is 5.61. The zero-order valence-corrected chi connectivity index (χ0v) is 16.8. The highest BCUT2D eigenvalue weighted by molar-refractivity contribution is 5.73. The third-order valence-corrected chi connectivity index (χ3v) is 5.61. The van der Waals surface area contributed by atoms with E-state index in [4.69, 9.17) is 0 Å². The third kappa shape index (κ3) is 5.61. The van der Waals surface area contributed by atoms with Crippen LogP contribution in [0.5, 0.6) is 0 Å². The molecule has 29 heavy (non-hydrogen) atoms. The van der Waals surface area contributed by atoms with Crippen molar-refractivity contribution in [1.82, 2.24) is 10.6 Å². The Balaban J connectivity index is 1.70. The van der Waals surface area contributed by atoms with E-state index < -0.39 is 23.8 Å². The molecule has 3 rings (SSSR count). The zero-order valence-electron chi connectivity index (χ0n) is 16.8. The summed E-state index contributed by atoms with van der Waals surface area (Å²) in [6.45, 7) is 3.80. The lowest BCUT2D eigenvalue weighted by Gasteiger charge is -2.34. The number of aryl methyl sites for hydroxylation is 1. The Hall–Kier alpha value is -2.31. The molecule has 0 bridgehead atoms. The summed E-state index contributed by atoms with van der Waals surface area (Å²) in [7, 11) is 0. The van der Waals surface area contributed by atoms with Crippen LogP contribution in [0, 0.1) is 17.6 Å². The van der Waals surface area contributed by atoms with Crippen LogP contribution in [0.1, 0.15) is 43.0 Å². The maximum atomic E-state index is 13.5. The highest BCUT2D eigenvalue weighted by Crippen LogP contribution is 2.34. The van der Waals surface area contributed by atoms with E-state index >= 15 is 0 Å². The van der Waals surface area contributed by atoms with Crippen molar-refractivity contribution in [2.45, 2.75) is 51.3 Å². The molecule has 4 nitrogen and oxygen atoms in total. The van der Waals surface area contributed by atoms with Crippen LogP contribution in [0.3, 0.4) is 0 Å². The van der Waals surface area contributed by atoms with Crippen LogP contribution in [-0.2, 0) is 17.6 Å². The number of hydrogen-bond acceptors (Lipinski definition) is 3. The number of benzene rings is 2. The van der Waals surface area contributed by atoms with Gasteiger partial charge in [-0.05, 0) is 54.0 Å². The highest BCUT2D eigenvalue weighted by atomic mass is 19.1. The van der Waals surface area contributed by atoms with E-state index in [2.05, 4.69) is 29.7 Å². The van der Waals surface area contributed by atoms with Gasteiger partial charge in [0, 0.05) is 25.6 Å². The van der Waals surface area contributed by atoms with Crippen molar-refractivity contribution < 1.29 is 18.7 Å². The molecule has 156 valence electrons. The second kappa shape index (κ2) is 9.46. The van der Waals surface area contributed by atoms with E-state index in [-0.39, 0.29) is 24.9 Å². The normalized spacial score (nSPS) is 20.6. The summed E-state index contributed by atoms with van der Waals surface area (Å²) < 4.78 is 27.0. The van der Waals surface area contributed by atoms with Gasteiger partial charge in [0.05, 0.1) is 12.1 Å². The van der Waals surface area contributed by atoms with Crippen LogP contribution in [0.15, 0.2) is 42.5 Å². The summed E-state index contributed by atoms with van der Waals surface area (Å²) in [6, 6.07) is 11.0. The summed E-state index contributed by atoms with van der Waals surface area (Å²) >= 11 is 0. The van der Waals surface area contributed by atoms with Crippen molar-refractivity contribution in [1.29, 1.82) is 0 Å². The van der Waals surface area contributed by atoms with Crippen molar-refractivity contribution in [2.75, 3.05) is 6.54 Å². The Bertz CT molecular complexity index is 838.